The molecule has 0 heterocycles. The second-order valence-electron chi connectivity index (χ2n) is 3.26. The van der Waals surface area contributed by atoms with Crippen molar-refractivity contribution in [3.63, 3.8) is 0 Å². The number of ether oxygens (including phenoxy) is 1. The molecule has 0 aliphatic rings. The smallest absolute Gasteiger partial charge is 0.336 e. The highest BCUT2D eigenvalue weighted by atomic mass is 19.3. The topological polar surface area (TPSA) is 64.3 Å². The molecule has 84 valence electrons. The van der Waals surface area contributed by atoms with Crippen LogP contribution < -0.4 is 11.1 Å². The lowest BCUT2D eigenvalue weighted by Gasteiger charge is -2.15. The van der Waals surface area contributed by atoms with Gasteiger partial charge in [-0.1, -0.05) is 6.92 Å². The van der Waals surface area contributed by atoms with Gasteiger partial charge in [0.25, 0.3) is 5.91 Å². The summed E-state index contributed by atoms with van der Waals surface area (Å²) in [7, 11) is 1.54. The van der Waals surface area contributed by atoms with Gasteiger partial charge in [-0.3, -0.25) is 4.79 Å². The number of amides is 1. The molecular formula is C8H16F2N2O2. The minimum absolute atomic E-state index is 0.115. The Kier molecular flexibility index (Phi) is 5.56. The number of carbonyl (C=O) groups is 1. The molecule has 1 unspecified atom stereocenters. The van der Waals surface area contributed by atoms with Crippen molar-refractivity contribution in [3.05, 3.63) is 0 Å². The van der Waals surface area contributed by atoms with Crippen molar-refractivity contribution >= 4 is 5.91 Å². The van der Waals surface area contributed by atoms with Crippen LogP contribution in [0.25, 0.3) is 0 Å². The number of hydrogen-bond donors (Lipinski definition) is 2. The summed E-state index contributed by atoms with van der Waals surface area (Å²) in [5.74, 6) is -4.97. The number of hydrogen-bond acceptors (Lipinski definition) is 3. The molecule has 0 aliphatic carbocycles. The average molecular weight is 210 g/mol. The van der Waals surface area contributed by atoms with E-state index in [1.807, 2.05) is 6.92 Å². The molecule has 6 heteroatoms. The first kappa shape index (κ1) is 13.2. The molecule has 3 N–H and O–H groups in total. The van der Waals surface area contributed by atoms with Gasteiger partial charge < -0.3 is 15.8 Å². The first-order valence-electron chi connectivity index (χ1n) is 4.27. The second-order valence-corrected chi connectivity index (χ2v) is 3.26. The fourth-order valence-corrected chi connectivity index (χ4v) is 0.906. The highest BCUT2D eigenvalue weighted by Crippen LogP contribution is 2.10. The van der Waals surface area contributed by atoms with Crippen molar-refractivity contribution in [1.29, 1.82) is 0 Å². The van der Waals surface area contributed by atoms with E-state index in [0.717, 1.165) is 0 Å². The quantitative estimate of drug-likeness (QED) is 0.620. The normalized spacial score (nSPS) is 14.0. The highest BCUT2D eigenvalue weighted by Gasteiger charge is 2.35. The Balaban J connectivity index is 3.68. The molecule has 0 fully saturated rings. The number of nitrogens with one attached hydrogen (secondary N) is 1. The van der Waals surface area contributed by atoms with Crippen LogP contribution in [0.5, 0.6) is 0 Å². The number of halogens is 2. The van der Waals surface area contributed by atoms with Gasteiger partial charge >= 0.3 is 5.92 Å². The van der Waals surface area contributed by atoms with Crippen LogP contribution in [0.15, 0.2) is 0 Å². The summed E-state index contributed by atoms with van der Waals surface area (Å²) in [5, 5.41) is 2.46. The molecule has 0 spiro atoms. The van der Waals surface area contributed by atoms with Crippen molar-refractivity contribution < 1.29 is 18.3 Å². The molecule has 0 radical (unpaired) electrons. The zero-order valence-corrected chi connectivity index (χ0v) is 8.35. The van der Waals surface area contributed by atoms with E-state index in [2.05, 4.69) is 11.1 Å². The van der Waals surface area contributed by atoms with Crippen LogP contribution in [0.1, 0.15) is 6.92 Å². The SMILES string of the molecule is COCC(C)CNCC(F)(F)C(N)=O. The molecule has 0 aromatic rings. The Morgan fingerprint density at radius 3 is 2.64 bits per heavy atom. The van der Waals surface area contributed by atoms with Crippen LogP contribution in [0, 0.1) is 5.92 Å². The van der Waals surface area contributed by atoms with Crippen LogP contribution in [0.2, 0.25) is 0 Å². The Labute approximate surface area is 81.8 Å². The summed E-state index contributed by atoms with van der Waals surface area (Å²) in [4.78, 5) is 10.2. The number of carbonyl (C=O) groups excluding carboxylic acids is 1. The van der Waals surface area contributed by atoms with Crippen molar-refractivity contribution in [2.24, 2.45) is 11.7 Å². The molecule has 4 nitrogen and oxygen atoms in total. The number of nitrogens with two attached hydrogens (primary N) is 1. The summed E-state index contributed by atoms with van der Waals surface area (Å²) in [6.07, 6.45) is 0. The van der Waals surface area contributed by atoms with Crippen LogP contribution in [0.3, 0.4) is 0 Å². The van der Waals surface area contributed by atoms with Gasteiger partial charge in [-0.15, -0.1) is 0 Å². The number of alkyl halides is 2. The minimum Gasteiger partial charge on any atom is -0.384 e. The lowest BCUT2D eigenvalue weighted by Crippen LogP contribution is -2.45. The molecule has 0 aromatic carbocycles. The van der Waals surface area contributed by atoms with Crippen LogP contribution >= 0.6 is 0 Å². The minimum atomic E-state index is -3.48. The third kappa shape index (κ3) is 5.08. The zero-order valence-electron chi connectivity index (χ0n) is 8.35. The Morgan fingerprint density at radius 2 is 2.21 bits per heavy atom. The fraction of sp³-hybridized carbons (Fsp3) is 0.875. The van der Waals surface area contributed by atoms with Gasteiger partial charge in [0.2, 0.25) is 0 Å². The third-order valence-electron chi connectivity index (χ3n) is 1.65. The largest absolute Gasteiger partial charge is 0.384 e. The first-order chi connectivity index (χ1) is 6.40. The molecule has 1 amide bonds. The molecular weight excluding hydrogens is 194 g/mol. The van der Waals surface area contributed by atoms with Gasteiger partial charge in [-0.2, -0.15) is 8.78 Å². The summed E-state index contributed by atoms with van der Waals surface area (Å²) in [6, 6.07) is 0. The van der Waals surface area contributed by atoms with E-state index in [-0.39, 0.29) is 5.92 Å². The Morgan fingerprint density at radius 1 is 1.64 bits per heavy atom. The zero-order chi connectivity index (χ0) is 11.2. The lowest BCUT2D eigenvalue weighted by molar-refractivity contribution is -0.141. The Bertz CT molecular complexity index is 188. The van der Waals surface area contributed by atoms with Crippen molar-refractivity contribution in [2.45, 2.75) is 12.8 Å². The van der Waals surface area contributed by atoms with Gasteiger partial charge in [0, 0.05) is 20.3 Å². The van der Waals surface area contributed by atoms with Gasteiger partial charge in [0.1, 0.15) is 0 Å². The number of primary amides is 1. The standard InChI is InChI=1S/C8H16F2N2O2/c1-6(4-14-2)3-12-5-8(9,10)7(11)13/h6,12H,3-5H2,1-2H3,(H2,11,13). The third-order valence-corrected chi connectivity index (χ3v) is 1.65. The van der Waals surface area contributed by atoms with E-state index < -0.39 is 18.4 Å². The van der Waals surface area contributed by atoms with Crippen molar-refractivity contribution in [1.82, 2.24) is 5.32 Å². The van der Waals surface area contributed by atoms with E-state index in [1.54, 1.807) is 0 Å². The molecule has 1 atom stereocenters. The van der Waals surface area contributed by atoms with Crippen LogP contribution in [-0.4, -0.2) is 38.6 Å². The molecule has 0 aromatic heterocycles. The van der Waals surface area contributed by atoms with Crippen molar-refractivity contribution in [2.75, 3.05) is 26.8 Å². The highest BCUT2D eigenvalue weighted by molar-refractivity contribution is 5.81. The molecule has 0 saturated heterocycles. The van der Waals surface area contributed by atoms with E-state index in [1.165, 1.54) is 7.11 Å². The van der Waals surface area contributed by atoms with Crippen LogP contribution in [-0.2, 0) is 9.53 Å². The molecule has 14 heavy (non-hydrogen) atoms. The summed E-state index contributed by atoms with van der Waals surface area (Å²) in [5.41, 5.74) is 4.49. The molecule has 0 aliphatic heterocycles. The second kappa shape index (κ2) is 5.87. The molecule has 0 saturated carbocycles. The summed E-state index contributed by atoms with van der Waals surface area (Å²) in [6.45, 7) is 1.96. The monoisotopic (exact) mass is 210 g/mol. The van der Waals surface area contributed by atoms with E-state index in [9.17, 15) is 13.6 Å². The maximum atomic E-state index is 12.6. The Hall–Kier alpha value is -0.750. The number of rotatable bonds is 7. The van der Waals surface area contributed by atoms with Gasteiger partial charge in [0.15, 0.2) is 0 Å². The van der Waals surface area contributed by atoms with Gasteiger partial charge in [-0.05, 0) is 5.92 Å². The van der Waals surface area contributed by atoms with E-state index >= 15 is 0 Å². The first-order valence-corrected chi connectivity index (χ1v) is 4.27. The molecule has 0 bridgehead atoms. The van der Waals surface area contributed by atoms with Gasteiger partial charge in [-0.25, -0.2) is 0 Å². The van der Waals surface area contributed by atoms with Crippen LogP contribution in [0.4, 0.5) is 8.78 Å². The van der Waals surface area contributed by atoms with Crippen molar-refractivity contribution in [3.8, 4) is 0 Å². The number of methoxy groups -OCH3 is 1. The van der Waals surface area contributed by atoms with Gasteiger partial charge in [0.05, 0.1) is 6.54 Å². The average Bonchev–Trinajstić information content (AvgIpc) is 2.04. The maximum Gasteiger partial charge on any atom is 0.336 e. The summed E-state index contributed by atoms with van der Waals surface area (Å²) >= 11 is 0. The molecule has 0 rings (SSSR count). The lowest BCUT2D eigenvalue weighted by atomic mass is 10.2. The predicted molar refractivity (Wildman–Crippen MR) is 48.1 cm³/mol. The van der Waals surface area contributed by atoms with E-state index in [0.29, 0.717) is 13.2 Å². The maximum absolute atomic E-state index is 12.6. The predicted octanol–water partition coefficient (Wildman–Crippen LogP) is -0.0209. The van der Waals surface area contributed by atoms with E-state index in [4.69, 9.17) is 4.74 Å². The summed E-state index contributed by atoms with van der Waals surface area (Å²) < 4.78 is 30.0. The fourth-order valence-electron chi connectivity index (χ4n) is 0.906.